The van der Waals surface area contributed by atoms with Gasteiger partial charge in [-0.15, -0.1) is 11.3 Å². The number of carboxylic acid groups (broad SMARTS) is 1. The number of anilines is 1. The molecule has 0 radical (unpaired) electrons. The minimum atomic E-state index is -0.817. The summed E-state index contributed by atoms with van der Waals surface area (Å²) in [4.78, 5) is 24.2. The lowest BCUT2D eigenvalue weighted by Gasteiger charge is -2.07. The highest BCUT2D eigenvalue weighted by atomic mass is 32.1. The van der Waals surface area contributed by atoms with E-state index >= 15 is 0 Å². The Bertz CT molecular complexity index is 570. The van der Waals surface area contributed by atoms with Crippen LogP contribution >= 0.6 is 11.3 Å². The van der Waals surface area contributed by atoms with Gasteiger partial charge in [0.15, 0.2) is 5.13 Å². The summed E-state index contributed by atoms with van der Waals surface area (Å²) in [6.45, 7) is 1.88. The number of aliphatic carboxylic acids is 1. The van der Waals surface area contributed by atoms with E-state index in [1.54, 1.807) is 19.4 Å². The molecule has 1 atom stereocenters. The van der Waals surface area contributed by atoms with Crippen molar-refractivity contribution in [3.05, 3.63) is 23.6 Å². The average Bonchev–Trinajstić information content (AvgIpc) is 2.83. The van der Waals surface area contributed by atoms with E-state index in [1.807, 2.05) is 6.92 Å². The molecule has 0 spiro atoms. The number of carbonyl (C=O) groups is 1. The summed E-state index contributed by atoms with van der Waals surface area (Å²) in [7, 11) is 1.79. The van der Waals surface area contributed by atoms with Gasteiger partial charge in [-0.05, 0) is 0 Å². The zero-order valence-electron chi connectivity index (χ0n) is 10.6. The van der Waals surface area contributed by atoms with Crippen LogP contribution in [0, 0.1) is 0 Å². The molecule has 0 fully saturated rings. The van der Waals surface area contributed by atoms with Crippen molar-refractivity contribution in [3.8, 4) is 11.3 Å². The lowest BCUT2D eigenvalue weighted by molar-refractivity contribution is -0.137. The van der Waals surface area contributed by atoms with E-state index in [2.05, 4.69) is 20.3 Å². The third-order valence-electron chi connectivity index (χ3n) is 2.63. The highest BCUT2D eigenvalue weighted by Crippen LogP contribution is 2.36. The first kappa shape index (κ1) is 13.4. The number of hydrogen-bond acceptors (Lipinski definition) is 6. The van der Waals surface area contributed by atoms with E-state index in [4.69, 9.17) is 5.11 Å². The summed E-state index contributed by atoms with van der Waals surface area (Å²) < 4.78 is 0. The molecule has 2 aromatic heterocycles. The maximum absolute atomic E-state index is 10.9. The lowest BCUT2D eigenvalue weighted by Crippen LogP contribution is -2.02. The minimum absolute atomic E-state index is 0.0754. The lowest BCUT2D eigenvalue weighted by atomic mass is 10.0. The molecular weight excluding hydrogens is 264 g/mol. The van der Waals surface area contributed by atoms with Gasteiger partial charge in [-0.25, -0.2) is 15.0 Å². The van der Waals surface area contributed by atoms with Crippen LogP contribution in [0.2, 0.25) is 0 Å². The highest BCUT2D eigenvalue weighted by Gasteiger charge is 2.20. The molecule has 0 aromatic carbocycles. The summed E-state index contributed by atoms with van der Waals surface area (Å²) in [5.74, 6) is -0.922. The van der Waals surface area contributed by atoms with Gasteiger partial charge < -0.3 is 10.4 Å². The Kier molecular flexibility index (Phi) is 4.06. The number of carboxylic acids is 1. The fourth-order valence-electron chi connectivity index (χ4n) is 1.76. The van der Waals surface area contributed by atoms with Crippen LogP contribution in [0.4, 0.5) is 5.13 Å². The molecule has 0 amide bonds. The molecule has 0 bridgehead atoms. The van der Waals surface area contributed by atoms with Gasteiger partial charge in [-0.3, -0.25) is 4.79 Å². The zero-order chi connectivity index (χ0) is 13.8. The Morgan fingerprint density at radius 2 is 2.16 bits per heavy atom. The van der Waals surface area contributed by atoms with Crippen molar-refractivity contribution < 1.29 is 9.90 Å². The first-order chi connectivity index (χ1) is 9.11. The number of thiazole rings is 1. The van der Waals surface area contributed by atoms with Crippen LogP contribution in [-0.4, -0.2) is 33.1 Å². The molecule has 0 saturated carbocycles. The normalized spacial score (nSPS) is 12.1. The van der Waals surface area contributed by atoms with E-state index in [-0.39, 0.29) is 12.3 Å². The first-order valence-electron chi connectivity index (χ1n) is 5.77. The van der Waals surface area contributed by atoms with Gasteiger partial charge in [0.2, 0.25) is 0 Å². The molecule has 1 unspecified atom stereocenters. The summed E-state index contributed by atoms with van der Waals surface area (Å²) in [6.07, 6.45) is 4.89. The van der Waals surface area contributed by atoms with E-state index in [0.29, 0.717) is 0 Å². The first-order valence-corrected chi connectivity index (χ1v) is 6.59. The van der Waals surface area contributed by atoms with E-state index in [9.17, 15) is 4.79 Å². The van der Waals surface area contributed by atoms with Crippen molar-refractivity contribution in [1.29, 1.82) is 0 Å². The maximum atomic E-state index is 10.9. The van der Waals surface area contributed by atoms with Gasteiger partial charge in [-0.1, -0.05) is 6.92 Å². The number of nitrogens with zero attached hydrogens (tertiary/aromatic N) is 3. The number of rotatable bonds is 5. The molecule has 6 nitrogen and oxygen atoms in total. The van der Waals surface area contributed by atoms with Crippen LogP contribution in [0.25, 0.3) is 11.3 Å². The van der Waals surface area contributed by atoms with Crippen molar-refractivity contribution in [2.75, 3.05) is 12.4 Å². The van der Waals surface area contributed by atoms with Crippen molar-refractivity contribution in [1.82, 2.24) is 15.0 Å². The molecule has 100 valence electrons. The highest BCUT2D eigenvalue weighted by molar-refractivity contribution is 7.16. The molecule has 7 heteroatoms. The van der Waals surface area contributed by atoms with Crippen LogP contribution in [0.1, 0.15) is 24.1 Å². The van der Waals surface area contributed by atoms with Crippen LogP contribution in [0.3, 0.4) is 0 Å². The smallest absolute Gasteiger partial charge is 0.303 e. The average molecular weight is 278 g/mol. The second kappa shape index (κ2) is 5.75. The van der Waals surface area contributed by atoms with Crippen LogP contribution < -0.4 is 5.32 Å². The van der Waals surface area contributed by atoms with Gasteiger partial charge >= 0.3 is 5.97 Å². The predicted octanol–water partition coefficient (Wildman–Crippen LogP) is 2.22. The Morgan fingerprint density at radius 1 is 1.47 bits per heavy atom. The largest absolute Gasteiger partial charge is 0.481 e. The standard InChI is InChI=1S/C12H14N4O2S/c1-7(3-9(17)18)11-10(16-12(13-2)19-11)8-4-14-6-15-5-8/h4-7H,3H2,1-2H3,(H,13,16)(H,17,18). The van der Waals surface area contributed by atoms with Gasteiger partial charge in [0.1, 0.15) is 6.33 Å². The quantitative estimate of drug-likeness (QED) is 0.872. The molecule has 2 heterocycles. The Hall–Kier alpha value is -2.02. The molecule has 2 aromatic rings. The van der Waals surface area contributed by atoms with E-state index in [0.717, 1.165) is 21.3 Å². The molecule has 0 saturated heterocycles. The molecule has 19 heavy (non-hydrogen) atoms. The van der Waals surface area contributed by atoms with Crippen LogP contribution in [0.5, 0.6) is 0 Å². The fraction of sp³-hybridized carbons (Fsp3) is 0.333. The van der Waals surface area contributed by atoms with Crippen molar-refractivity contribution in [2.24, 2.45) is 0 Å². The van der Waals surface area contributed by atoms with Crippen LogP contribution in [0.15, 0.2) is 18.7 Å². The number of nitrogens with one attached hydrogen (secondary N) is 1. The second-order valence-corrected chi connectivity index (χ2v) is 5.14. The zero-order valence-corrected chi connectivity index (χ0v) is 11.4. The molecule has 2 rings (SSSR count). The van der Waals surface area contributed by atoms with Crippen molar-refractivity contribution >= 4 is 22.4 Å². The molecule has 0 aliphatic carbocycles. The predicted molar refractivity (Wildman–Crippen MR) is 73.4 cm³/mol. The monoisotopic (exact) mass is 278 g/mol. The molecular formula is C12H14N4O2S. The topological polar surface area (TPSA) is 88.0 Å². The SMILES string of the molecule is CNc1nc(-c2cncnc2)c(C(C)CC(=O)O)s1. The molecule has 2 N–H and O–H groups in total. The number of hydrogen-bond donors (Lipinski definition) is 2. The summed E-state index contributed by atoms with van der Waals surface area (Å²) in [6, 6.07) is 0. The van der Waals surface area contributed by atoms with Crippen molar-refractivity contribution in [2.45, 2.75) is 19.3 Å². The minimum Gasteiger partial charge on any atom is -0.481 e. The summed E-state index contributed by atoms with van der Waals surface area (Å²) in [5.41, 5.74) is 1.55. The molecule has 0 aliphatic rings. The van der Waals surface area contributed by atoms with E-state index < -0.39 is 5.97 Å². The summed E-state index contributed by atoms with van der Waals surface area (Å²) >= 11 is 1.46. The molecule has 0 aliphatic heterocycles. The second-order valence-electron chi connectivity index (χ2n) is 4.11. The van der Waals surface area contributed by atoms with Gasteiger partial charge in [0.25, 0.3) is 0 Å². The summed E-state index contributed by atoms with van der Waals surface area (Å²) in [5, 5.41) is 12.7. The van der Waals surface area contributed by atoms with Crippen molar-refractivity contribution in [3.63, 3.8) is 0 Å². The Labute approximate surface area is 114 Å². The van der Waals surface area contributed by atoms with Crippen LogP contribution in [-0.2, 0) is 4.79 Å². The van der Waals surface area contributed by atoms with Gasteiger partial charge in [0, 0.05) is 35.8 Å². The number of aromatic nitrogens is 3. The Morgan fingerprint density at radius 3 is 2.74 bits per heavy atom. The van der Waals surface area contributed by atoms with Gasteiger partial charge in [-0.2, -0.15) is 0 Å². The third kappa shape index (κ3) is 3.05. The van der Waals surface area contributed by atoms with Gasteiger partial charge in [0.05, 0.1) is 12.1 Å². The Balaban J connectivity index is 2.42. The third-order valence-corrected chi connectivity index (χ3v) is 3.93. The maximum Gasteiger partial charge on any atom is 0.303 e. The fourth-order valence-corrected chi connectivity index (χ4v) is 2.75. The van der Waals surface area contributed by atoms with E-state index in [1.165, 1.54) is 17.7 Å².